The molecule has 0 saturated heterocycles. The van der Waals surface area contributed by atoms with Crippen molar-refractivity contribution in [2.45, 2.75) is 28.9 Å². The molecule has 0 spiro atoms. The number of carbonyl (C=O) groups is 2. The van der Waals surface area contributed by atoms with E-state index in [2.05, 4.69) is 67.2 Å². The molecular formula is C23H27N3O6S. The molecule has 176 valence electrons. The summed E-state index contributed by atoms with van der Waals surface area (Å²) in [6, 6.07) is 16.8. The highest BCUT2D eigenvalue weighted by atomic mass is 32.2. The number of aliphatic hydroxyl groups is 2. The van der Waals surface area contributed by atoms with E-state index in [1.807, 2.05) is 12.1 Å². The largest absolute Gasteiger partial charge is 0.479 e. The molecule has 2 aromatic carbocycles. The number of nitriles is 1. The Bertz CT molecular complexity index is 1020. The fourth-order valence-electron chi connectivity index (χ4n) is 3.36. The molecule has 0 saturated carbocycles. The van der Waals surface area contributed by atoms with Crippen molar-refractivity contribution in [1.29, 1.82) is 5.26 Å². The van der Waals surface area contributed by atoms with E-state index in [0.29, 0.717) is 11.5 Å². The van der Waals surface area contributed by atoms with Crippen LogP contribution in [0, 0.1) is 17.2 Å². The number of nitrogens with zero attached hydrogens (tertiary/aromatic N) is 3. The molecule has 0 fully saturated rings. The van der Waals surface area contributed by atoms with Crippen LogP contribution >= 0.6 is 11.8 Å². The Balaban J connectivity index is 0.000000328. The zero-order valence-corrected chi connectivity index (χ0v) is 19.4. The molecule has 1 aliphatic heterocycles. The van der Waals surface area contributed by atoms with Crippen LogP contribution in [0.2, 0.25) is 0 Å². The first-order valence-electron chi connectivity index (χ1n) is 10.1. The Kier molecular flexibility index (Phi) is 9.25. The number of carboxylic acid groups (broad SMARTS) is 2. The molecule has 0 amide bonds. The smallest absolute Gasteiger partial charge is 0.335 e. The molecule has 0 radical (unpaired) electrons. The second-order valence-corrected chi connectivity index (χ2v) is 8.99. The average molecular weight is 474 g/mol. The van der Waals surface area contributed by atoms with Gasteiger partial charge in [0.2, 0.25) is 0 Å². The average Bonchev–Trinajstić information content (AvgIpc) is 2.77. The number of benzene rings is 2. The molecule has 33 heavy (non-hydrogen) atoms. The standard InChI is InChI=1S/C19H21N3S.C4H6O6/c1-14(12-21(2)3)13-22-16-6-4-5-7-18(16)23-19-9-8-15(11-20)10-17(19)22;5-1(3(7)8)2(6)4(9)10/h4-10,14H,12-13H2,1-3H3;1-2,5-6H,(H,7,8)(H,9,10). The van der Waals surface area contributed by atoms with E-state index < -0.39 is 24.1 Å². The van der Waals surface area contributed by atoms with Gasteiger partial charge in [0.1, 0.15) is 0 Å². The molecule has 3 rings (SSSR count). The fourth-order valence-corrected chi connectivity index (χ4v) is 4.43. The van der Waals surface area contributed by atoms with Crippen LogP contribution in [0.15, 0.2) is 52.3 Å². The zero-order chi connectivity index (χ0) is 24.7. The number of rotatable bonds is 7. The third-order valence-corrected chi connectivity index (χ3v) is 5.86. The van der Waals surface area contributed by atoms with Crippen LogP contribution in [0.1, 0.15) is 12.5 Å². The van der Waals surface area contributed by atoms with Gasteiger partial charge in [-0.15, -0.1) is 0 Å². The molecule has 0 aromatic heterocycles. The normalized spacial score (nSPS) is 14.6. The van der Waals surface area contributed by atoms with Crippen LogP contribution in [0.25, 0.3) is 0 Å². The molecule has 4 N–H and O–H groups in total. The molecule has 1 aliphatic rings. The Morgan fingerprint density at radius 1 is 1.03 bits per heavy atom. The maximum atomic E-state index is 9.77. The van der Waals surface area contributed by atoms with Gasteiger partial charge >= 0.3 is 11.9 Å². The third kappa shape index (κ3) is 6.94. The van der Waals surface area contributed by atoms with Crippen LogP contribution in [0.3, 0.4) is 0 Å². The number of aliphatic hydroxyl groups excluding tert-OH is 2. The summed E-state index contributed by atoms with van der Waals surface area (Å²) in [5.41, 5.74) is 3.11. The van der Waals surface area contributed by atoms with E-state index in [1.165, 1.54) is 15.5 Å². The van der Waals surface area contributed by atoms with Gasteiger partial charge in [0.25, 0.3) is 0 Å². The van der Waals surface area contributed by atoms with Crippen molar-refractivity contribution in [1.82, 2.24) is 4.90 Å². The van der Waals surface area contributed by atoms with E-state index in [9.17, 15) is 14.9 Å². The van der Waals surface area contributed by atoms with Gasteiger partial charge in [0, 0.05) is 22.9 Å². The number of hydrogen-bond acceptors (Lipinski definition) is 8. The Morgan fingerprint density at radius 3 is 2.15 bits per heavy atom. The second-order valence-electron chi connectivity index (χ2n) is 7.91. The lowest BCUT2D eigenvalue weighted by Crippen LogP contribution is -2.39. The molecule has 10 heteroatoms. The van der Waals surface area contributed by atoms with Crippen LogP contribution < -0.4 is 4.90 Å². The van der Waals surface area contributed by atoms with Crippen molar-refractivity contribution in [3.63, 3.8) is 0 Å². The first-order chi connectivity index (χ1) is 15.5. The highest BCUT2D eigenvalue weighted by molar-refractivity contribution is 7.99. The topological polar surface area (TPSA) is 145 Å². The monoisotopic (exact) mass is 473 g/mol. The van der Waals surface area contributed by atoms with Crippen LogP contribution in [0.4, 0.5) is 11.4 Å². The van der Waals surface area contributed by atoms with E-state index in [1.54, 1.807) is 11.8 Å². The second kappa shape index (κ2) is 11.7. The maximum Gasteiger partial charge on any atom is 0.335 e. The summed E-state index contributed by atoms with van der Waals surface area (Å²) >= 11 is 1.78. The summed E-state index contributed by atoms with van der Waals surface area (Å²) in [6.45, 7) is 4.26. The number of hydrogen-bond donors (Lipinski definition) is 4. The lowest BCUT2D eigenvalue weighted by molar-refractivity contribution is -0.165. The van der Waals surface area contributed by atoms with Crippen molar-refractivity contribution >= 4 is 35.1 Å². The molecule has 9 nitrogen and oxygen atoms in total. The molecule has 0 bridgehead atoms. The van der Waals surface area contributed by atoms with Crippen molar-refractivity contribution in [2.75, 3.05) is 32.1 Å². The number of aliphatic carboxylic acids is 2. The minimum atomic E-state index is -2.27. The van der Waals surface area contributed by atoms with Gasteiger partial charge in [0.05, 0.1) is 23.0 Å². The minimum Gasteiger partial charge on any atom is -0.479 e. The van der Waals surface area contributed by atoms with Gasteiger partial charge in [-0.05, 0) is 50.3 Å². The number of carboxylic acids is 2. The predicted octanol–water partition coefficient (Wildman–Crippen LogP) is 2.24. The SMILES string of the molecule is CC(CN(C)C)CN1c2ccccc2Sc2ccc(C#N)cc21.O=C(O)C(O)C(O)C(=O)O. The van der Waals surface area contributed by atoms with Gasteiger partial charge in [-0.2, -0.15) is 5.26 Å². The summed E-state index contributed by atoms with van der Waals surface area (Å²) < 4.78 is 0. The Hall–Kier alpha value is -3.10. The summed E-state index contributed by atoms with van der Waals surface area (Å²) in [4.78, 5) is 26.6. The quantitative estimate of drug-likeness (QED) is 0.472. The van der Waals surface area contributed by atoms with Crippen molar-refractivity contribution in [3.8, 4) is 6.07 Å². The summed E-state index contributed by atoms with van der Waals surface area (Å²) in [7, 11) is 4.22. The molecular weight excluding hydrogens is 446 g/mol. The van der Waals surface area contributed by atoms with Crippen LogP contribution in [0.5, 0.6) is 0 Å². The first-order valence-corrected chi connectivity index (χ1v) is 10.9. The Labute approximate surface area is 196 Å². The molecule has 3 unspecified atom stereocenters. The van der Waals surface area contributed by atoms with Crippen molar-refractivity contribution < 1.29 is 30.0 Å². The highest BCUT2D eigenvalue weighted by Gasteiger charge is 2.29. The molecule has 2 aromatic rings. The molecule has 3 atom stereocenters. The van der Waals surface area contributed by atoms with E-state index in [-0.39, 0.29) is 0 Å². The van der Waals surface area contributed by atoms with Crippen LogP contribution in [-0.4, -0.2) is 76.7 Å². The summed E-state index contributed by atoms with van der Waals surface area (Å²) in [5, 5.41) is 41.8. The summed E-state index contributed by atoms with van der Waals surface area (Å²) in [5.74, 6) is -3.01. The van der Waals surface area contributed by atoms with Crippen molar-refractivity contribution in [3.05, 3.63) is 48.0 Å². The van der Waals surface area contributed by atoms with E-state index >= 15 is 0 Å². The van der Waals surface area contributed by atoms with E-state index in [0.717, 1.165) is 18.8 Å². The molecule has 0 aliphatic carbocycles. The fraction of sp³-hybridized carbons (Fsp3) is 0.348. The summed E-state index contributed by atoms with van der Waals surface area (Å²) in [6.07, 6.45) is -4.53. The maximum absolute atomic E-state index is 9.77. The predicted molar refractivity (Wildman–Crippen MR) is 124 cm³/mol. The minimum absolute atomic E-state index is 0.528. The van der Waals surface area contributed by atoms with Gasteiger partial charge in [0.15, 0.2) is 12.2 Å². The number of para-hydroxylation sites is 1. The van der Waals surface area contributed by atoms with Crippen molar-refractivity contribution in [2.24, 2.45) is 5.92 Å². The van der Waals surface area contributed by atoms with Gasteiger partial charge in [-0.3, -0.25) is 0 Å². The first kappa shape index (κ1) is 26.2. The Morgan fingerprint density at radius 2 is 1.61 bits per heavy atom. The lowest BCUT2D eigenvalue weighted by atomic mass is 10.1. The zero-order valence-electron chi connectivity index (χ0n) is 18.5. The van der Waals surface area contributed by atoms with E-state index in [4.69, 9.17) is 20.4 Å². The lowest BCUT2D eigenvalue weighted by Gasteiger charge is -2.35. The van der Waals surface area contributed by atoms with Gasteiger partial charge in [-0.25, -0.2) is 9.59 Å². The highest BCUT2D eigenvalue weighted by Crippen LogP contribution is 2.48. The van der Waals surface area contributed by atoms with Gasteiger partial charge < -0.3 is 30.2 Å². The molecule has 1 heterocycles. The number of anilines is 2. The van der Waals surface area contributed by atoms with Crippen LogP contribution in [-0.2, 0) is 9.59 Å². The third-order valence-electron chi connectivity index (χ3n) is 4.73. The van der Waals surface area contributed by atoms with Gasteiger partial charge in [-0.1, -0.05) is 30.8 Å². The number of fused-ring (bicyclic) bond motifs is 2.